The summed E-state index contributed by atoms with van der Waals surface area (Å²) in [4.78, 5) is 21.7. The maximum Gasteiger partial charge on any atom is 0.225 e. The Labute approximate surface area is 171 Å². The number of carbonyl (C=O) groups is 1. The highest BCUT2D eigenvalue weighted by Crippen LogP contribution is 2.27. The van der Waals surface area contributed by atoms with Crippen LogP contribution in [-0.2, 0) is 4.79 Å². The molecular weight excluding hydrogens is 364 g/mol. The van der Waals surface area contributed by atoms with Gasteiger partial charge in [-0.15, -0.1) is 0 Å². The first-order valence-corrected chi connectivity index (χ1v) is 9.95. The van der Waals surface area contributed by atoms with Gasteiger partial charge in [-0.05, 0) is 42.0 Å². The molecule has 150 valence electrons. The summed E-state index contributed by atoms with van der Waals surface area (Å²) in [6.07, 6.45) is 6.25. The van der Waals surface area contributed by atoms with Gasteiger partial charge in [-0.3, -0.25) is 4.79 Å². The zero-order valence-corrected chi connectivity index (χ0v) is 16.6. The Morgan fingerprint density at radius 1 is 1.03 bits per heavy atom. The predicted molar refractivity (Wildman–Crippen MR) is 113 cm³/mol. The molecule has 6 heteroatoms. The van der Waals surface area contributed by atoms with E-state index in [-0.39, 0.29) is 11.9 Å². The molecule has 0 bridgehead atoms. The van der Waals surface area contributed by atoms with Crippen LogP contribution in [0.15, 0.2) is 73.2 Å². The van der Waals surface area contributed by atoms with Crippen LogP contribution in [0.2, 0.25) is 0 Å². The second-order valence-electron chi connectivity index (χ2n) is 7.18. The lowest BCUT2D eigenvalue weighted by atomic mass is 10.0. The predicted octanol–water partition coefficient (Wildman–Crippen LogP) is 3.22. The number of pyridine rings is 1. The van der Waals surface area contributed by atoms with E-state index in [0.29, 0.717) is 19.5 Å². The second kappa shape index (κ2) is 8.82. The van der Waals surface area contributed by atoms with Crippen molar-refractivity contribution >= 4 is 11.7 Å². The average Bonchev–Trinajstić information content (AvgIpc) is 3.32. The van der Waals surface area contributed by atoms with Crippen LogP contribution in [-0.4, -0.2) is 53.6 Å². The van der Waals surface area contributed by atoms with E-state index in [1.807, 2.05) is 72.0 Å². The summed E-state index contributed by atoms with van der Waals surface area (Å²) < 4.78 is 7.48. The summed E-state index contributed by atoms with van der Waals surface area (Å²) in [7, 11) is 1.66. The Kier molecular flexibility index (Phi) is 5.79. The minimum atomic E-state index is -0.0542. The number of benzene rings is 1. The monoisotopic (exact) mass is 390 g/mol. The number of aromatic nitrogens is 2. The first-order valence-electron chi connectivity index (χ1n) is 9.95. The van der Waals surface area contributed by atoms with Crippen molar-refractivity contribution in [3.8, 4) is 5.75 Å². The third-order valence-corrected chi connectivity index (χ3v) is 5.44. The summed E-state index contributed by atoms with van der Waals surface area (Å²) in [6.45, 7) is 3.03. The molecule has 1 aliphatic heterocycles. The molecule has 3 heterocycles. The normalized spacial score (nSPS) is 15.2. The van der Waals surface area contributed by atoms with E-state index in [2.05, 4.69) is 20.5 Å². The van der Waals surface area contributed by atoms with Gasteiger partial charge in [-0.1, -0.05) is 18.2 Å². The number of carbonyl (C=O) groups excluding carboxylic acids is 1. The molecule has 1 aromatic carbocycles. The van der Waals surface area contributed by atoms with Crippen LogP contribution in [0.5, 0.6) is 5.75 Å². The van der Waals surface area contributed by atoms with E-state index >= 15 is 0 Å². The lowest BCUT2D eigenvalue weighted by Gasteiger charge is -2.36. The van der Waals surface area contributed by atoms with Crippen molar-refractivity contribution in [3.63, 3.8) is 0 Å². The van der Waals surface area contributed by atoms with E-state index in [4.69, 9.17) is 4.74 Å². The molecule has 2 aromatic heterocycles. The molecule has 0 N–H and O–H groups in total. The largest absolute Gasteiger partial charge is 0.497 e. The zero-order valence-electron chi connectivity index (χ0n) is 16.6. The van der Waals surface area contributed by atoms with Crippen LogP contribution < -0.4 is 9.64 Å². The number of nitrogens with zero attached hydrogens (tertiary/aromatic N) is 4. The Bertz CT molecular complexity index is 919. The van der Waals surface area contributed by atoms with E-state index < -0.39 is 0 Å². The lowest BCUT2D eigenvalue weighted by molar-refractivity contribution is -0.132. The van der Waals surface area contributed by atoms with E-state index in [1.54, 1.807) is 7.11 Å². The van der Waals surface area contributed by atoms with Gasteiger partial charge in [0, 0.05) is 44.8 Å². The van der Waals surface area contributed by atoms with Crippen LogP contribution >= 0.6 is 0 Å². The van der Waals surface area contributed by atoms with Crippen molar-refractivity contribution < 1.29 is 9.53 Å². The van der Waals surface area contributed by atoms with E-state index in [9.17, 15) is 4.79 Å². The Morgan fingerprint density at radius 3 is 2.52 bits per heavy atom. The van der Waals surface area contributed by atoms with Crippen LogP contribution in [0.1, 0.15) is 18.0 Å². The Balaban J connectivity index is 1.45. The first-order chi connectivity index (χ1) is 14.2. The average molecular weight is 390 g/mol. The van der Waals surface area contributed by atoms with Crippen molar-refractivity contribution in [2.24, 2.45) is 0 Å². The number of anilines is 1. The van der Waals surface area contributed by atoms with Gasteiger partial charge in [-0.2, -0.15) is 0 Å². The molecule has 1 atom stereocenters. The van der Waals surface area contributed by atoms with Crippen LogP contribution in [0.25, 0.3) is 0 Å². The minimum Gasteiger partial charge on any atom is -0.497 e. The number of rotatable bonds is 6. The summed E-state index contributed by atoms with van der Waals surface area (Å²) in [5.74, 6) is 1.95. The maximum absolute atomic E-state index is 13.1. The van der Waals surface area contributed by atoms with Gasteiger partial charge in [0.05, 0.1) is 19.6 Å². The number of piperazine rings is 1. The summed E-state index contributed by atoms with van der Waals surface area (Å²) in [5.41, 5.74) is 1.07. The van der Waals surface area contributed by atoms with E-state index in [1.165, 1.54) is 0 Å². The van der Waals surface area contributed by atoms with Crippen LogP contribution in [0, 0.1) is 0 Å². The molecule has 29 heavy (non-hydrogen) atoms. The fraction of sp³-hybridized carbons (Fsp3) is 0.304. The highest BCUT2D eigenvalue weighted by Gasteiger charge is 2.25. The Hall–Kier alpha value is -3.28. The summed E-state index contributed by atoms with van der Waals surface area (Å²) in [5, 5.41) is 0. The van der Waals surface area contributed by atoms with Gasteiger partial charge >= 0.3 is 0 Å². The lowest BCUT2D eigenvalue weighted by Crippen LogP contribution is -2.49. The first kappa shape index (κ1) is 19.1. The van der Waals surface area contributed by atoms with Crippen LogP contribution in [0.4, 0.5) is 5.82 Å². The molecule has 4 rings (SSSR count). The highest BCUT2D eigenvalue weighted by atomic mass is 16.5. The van der Waals surface area contributed by atoms with Crippen LogP contribution in [0.3, 0.4) is 0 Å². The molecule has 0 radical (unpaired) electrons. The van der Waals surface area contributed by atoms with Crippen molar-refractivity contribution in [2.75, 3.05) is 38.2 Å². The van der Waals surface area contributed by atoms with E-state index in [0.717, 1.165) is 30.2 Å². The van der Waals surface area contributed by atoms with Crippen molar-refractivity contribution in [3.05, 3.63) is 78.8 Å². The molecule has 3 aromatic rings. The minimum absolute atomic E-state index is 0.0542. The van der Waals surface area contributed by atoms with Gasteiger partial charge in [0.25, 0.3) is 0 Å². The molecule has 1 amide bonds. The summed E-state index contributed by atoms with van der Waals surface area (Å²) >= 11 is 0. The molecule has 1 aliphatic rings. The third kappa shape index (κ3) is 4.42. The molecule has 1 unspecified atom stereocenters. The molecule has 0 spiro atoms. The van der Waals surface area contributed by atoms with Gasteiger partial charge in [0.1, 0.15) is 11.6 Å². The van der Waals surface area contributed by atoms with Gasteiger partial charge in [0.15, 0.2) is 0 Å². The molecule has 0 saturated carbocycles. The number of hydrogen-bond donors (Lipinski definition) is 0. The second-order valence-corrected chi connectivity index (χ2v) is 7.18. The highest BCUT2D eigenvalue weighted by molar-refractivity contribution is 5.77. The van der Waals surface area contributed by atoms with Gasteiger partial charge in [-0.25, -0.2) is 4.98 Å². The van der Waals surface area contributed by atoms with Gasteiger partial charge < -0.3 is 19.1 Å². The molecule has 0 aliphatic carbocycles. The number of ether oxygens (including phenoxy) is 1. The van der Waals surface area contributed by atoms with Gasteiger partial charge in [0.2, 0.25) is 5.91 Å². The fourth-order valence-corrected chi connectivity index (χ4v) is 3.82. The molecular formula is C23H26N4O2. The smallest absolute Gasteiger partial charge is 0.225 e. The fourth-order valence-electron chi connectivity index (χ4n) is 3.82. The topological polar surface area (TPSA) is 50.6 Å². The quantitative estimate of drug-likeness (QED) is 0.649. The Morgan fingerprint density at radius 2 is 1.83 bits per heavy atom. The standard InChI is InChI=1S/C23H26N4O2/c1-29-20-8-6-7-19(17-20)21(25-11-4-5-12-25)18-23(28)27-15-13-26(14-16-27)22-9-2-3-10-24-22/h2-12,17,21H,13-16,18H2,1H3. The molecule has 6 nitrogen and oxygen atoms in total. The SMILES string of the molecule is COc1cccc(C(CC(=O)N2CCN(c3ccccn3)CC2)n2cccc2)c1. The third-order valence-electron chi connectivity index (χ3n) is 5.44. The van der Waals surface area contributed by atoms with Crippen molar-refractivity contribution in [2.45, 2.75) is 12.5 Å². The number of amides is 1. The summed E-state index contributed by atoms with van der Waals surface area (Å²) in [6, 6.07) is 17.8. The molecule has 1 fully saturated rings. The zero-order chi connectivity index (χ0) is 20.1. The van der Waals surface area contributed by atoms with Crippen molar-refractivity contribution in [1.82, 2.24) is 14.5 Å². The number of hydrogen-bond acceptors (Lipinski definition) is 4. The molecule has 1 saturated heterocycles. The van der Waals surface area contributed by atoms with Crippen molar-refractivity contribution in [1.29, 1.82) is 0 Å². The number of methoxy groups -OCH3 is 1. The maximum atomic E-state index is 13.1.